The van der Waals surface area contributed by atoms with Crippen LogP contribution in [0.25, 0.3) is 0 Å². The van der Waals surface area contributed by atoms with Crippen LogP contribution in [0.15, 0.2) is 42.6 Å². The number of likely N-dealkylation sites (tertiary alicyclic amines) is 1. The summed E-state index contributed by atoms with van der Waals surface area (Å²) in [5.74, 6) is 0.174. The quantitative estimate of drug-likeness (QED) is 0.755. The molecule has 3 rings (SSSR count). The summed E-state index contributed by atoms with van der Waals surface area (Å²) in [4.78, 5) is 19.1. The Hall–Kier alpha value is -1.87. The number of carbonyl (C=O) groups excluding carboxylic acids is 1. The van der Waals surface area contributed by atoms with E-state index < -0.39 is 0 Å². The second-order valence-corrected chi connectivity index (χ2v) is 6.92. The predicted octanol–water partition coefficient (Wildman–Crippen LogP) is 4.73. The molecular weight excluding hydrogens is 320 g/mol. The number of pyridine rings is 1. The maximum absolute atomic E-state index is 12.9. The predicted molar refractivity (Wildman–Crippen MR) is 97.1 cm³/mol. The van der Waals surface area contributed by atoms with Gasteiger partial charge in [0.2, 0.25) is 5.91 Å². The summed E-state index contributed by atoms with van der Waals surface area (Å²) in [6.45, 7) is 2.93. The zero-order chi connectivity index (χ0) is 16.9. The molecule has 2 heterocycles. The summed E-state index contributed by atoms with van der Waals surface area (Å²) in [5.41, 5.74) is 3.40. The van der Waals surface area contributed by atoms with E-state index in [1.54, 1.807) is 12.3 Å². The van der Waals surface area contributed by atoms with Crippen LogP contribution in [-0.2, 0) is 11.2 Å². The number of benzene rings is 1. The van der Waals surface area contributed by atoms with E-state index >= 15 is 0 Å². The molecule has 1 unspecified atom stereocenters. The third-order valence-electron chi connectivity index (χ3n) is 4.64. The average molecular weight is 343 g/mol. The Bertz CT molecular complexity index is 699. The number of aromatic nitrogens is 1. The molecule has 126 valence electrons. The van der Waals surface area contributed by atoms with Gasteiger partial charge in [0.05, 0.1) is 12.5 Å². The number of rotatable bonds is 3. The monoisotopic (exact) mass is 342 g/mol. The molecule has 1 fully saturated rings. The molecule has 1 atom stereocenters. The van der Waals surface area contributed by atoms with Crippen molar-refractivity contribution >= 4 is 17.5 Å². The molecule has 4 heteroatoms. The lowest BCUT2D eigenvalue weighted by Crippen LogP contribution is -2.36. The van der Waals surface area contributed by atoms with E-state index in [1.165, 1.54) is 24.0 Å². The highest BCUT2D eigenvalue weighted by molar-refractivity contribution is 6.29. The summed E-state index contributed by atoms with van der Waals surface area (Å²) in [5, 5.41) is 0.457. The zero-order valence-electron chi connectivity index (χ0n) is 14.0. The second-order valence-electron chi connectivity index (χ2n) is 6.53. The molecule has 1 aliphatic rings. The third-order valence-corrected chi connectivity index (χ3v) is 4.87. The van der Waals surface area contributed by atoms with Gasteiger partial charge >= 0.3 is 0 Å². The van der Waals surface area contributed by atoms with Crippen LogP contribution in [0.3, 0.4) is 0 Å². The number of hydrogen-bond acceptors (Lipinski definition) is 2. The van der Waals surface area contributed by atoms with Crippen molar-refractivity contribution in [2.24, 2.45) is 0 Å². The Balaban J connectivity index is 1.81. The van der Waals surface area contributed by atoms with Gasteiger partial charge in [0.15, 0.2) is 0 Å². The first-order chi connectivity index (χ1) is 11.6. The molecule has 2 aromatic rings. The van der Waals surface area contributed by atoms with Crippen molar-refractivity contribution in [2.45, 2.75) is 45.1 Å². The zero-order valence-corrected chi connectivity index (χ0v) is 14.8. The molecule has 0 spiro atoms. The van der Waals surface area contributed by atoms with E-state index in [0.717, 1.165) is 24.9 Å². The highest BCUT2D eigenvalue weighted by Gasteiger charge is 2.26. The van der Waals surface area contributed by atoms with E-state index in [1.807, 2.05) is 6.07 Å². The van der Waals surface area contributed by atoms with Gasteiger partial charge in [0.1, 0.15) is 5.15 Å². The summed E-state index contributed by atoms with van der Waals surface area (Å²) in [6, 6.07) is 12.3. The summed E-state index contributed by atoms with van der Waals surface area (Å²) >= 11 is 5.83. The molecule has 0 aliphatic carbocycles. The molecule has 1 aliphatic heterocycles. The van der Waals surface area contributed by atoms with Crippen molar-refractivity contribution in [3.05, 3.63) is 64.4 Å². The molecule has 1 amide bonds. The fourth-order valence-corrected chi connectivity index (χ4v) is 3.53. The van der Waals surface area contributed by atoms with Crippen molar-refractivity contribution in [1.82, 2.24) is 9.88 Å². The van der Waals surface area contributed by atoms with Gasteiger partial charge in [-0.15, -0.1) is 0 Å². The van der Waals surface area contributed by atoms with Gasteiger partial charge in [-0.1, -0.05) is 60.3 Å². The maximum atomic E-state index is 12.9. The van der Waals surface area contributed by atoms with E-state index in [-0.39, 0.29) is 11.9 Å². The molecule has 1 aromatic carbocycles. The van der Waals surface area contributed by atoms with Crippen LogP contribution in [0, 0.1) is 6.92 Å². The molecule has 0 N–H and O–H groups in total. The molecule has 24 heavy (non-hydrogen) atoms. The Morgan fingerprint density at radius 1 is 1.25 bits per heavy atom. The molecule has 0 bridgehead atoms. The first-order valence-electron chi connectivity index (χ1n) is 8.60. The lowest BCUT2D eigenvalue weighted by atomic mass is 9.98. The van der Waals surface area contributed by atoms with Gasteiger partial charge < -0.3 is 4.90 Å². The van der Waals surface area contributed by atoms with Gasteiger partial charge in [-0.05, 0) is 37.0 Å². The van der Waals surface area contributed by atoms with Crippen LogP contribution >= 0.6 is 11.6 Å². The lowest BCUT2D eigenvalue weighted by molar-refractivity contribution is -0.132. The summed E-state index contributed by atoms with van der Waals surface area (Å²) in [7, 11) is 0. The van der Waals surface area contributed by atoms with Crippen molar-refractivity contribution < 1.29 is 4.79 Å². The highest BCUT2D eigenvalue weighted by Crippen LogP contribution is 2.31. The number of carbonyl (C=O) groups is 1. The van der Waals surface area contributed by atoms with Crippen LogP contribution in [0.4, 0.5) is 0 Å². The van der Waals surface area contributed by atoms with E-state index in [2.05, 4.69) is 41.1 Å². The summed E-state index contributed by atoms with van der Waals surface area (Å²) in [6.07, 6.45) is 6.55. The largest absolute Gasteiger partial charge is 0.335 e. The van der Waals surface area contributed by atoms with Gasteiger partial charge in [0.25, 0.3) is 0 Å². The molecule has 1 aromatic heterocycles. The van der Waals surface area contributed by atoms with Crippen molar-refractivity contribution in [3.63, 3.8) is 0 Å². The minimum absolute atomic E-state index is 0.174. The van der Waals surface area contributed by atoms with Crippen LogP contribution < -0.4 is 0 Å². The van der Waals surface area contributed by atoms with Crippen LogP contribution in [0.2, 0.25) is 5.15 Å². The van der Waals surface area contributed by atoms with Gasteiger partial charge in [0, 0.05) is 12.7 Å². The average Bonchev–Trinajstić information content (AvgIpc) is 2.83. The molecular formula is C20H23ClN2O. The molecule has 3 nitrogen and oxygen atoms in total. The maximum Gasteiger partial charge on any atom is 0.227 e. The van der Waals surface area contributed by atoms with Crippen LogP contribution in [0.5, 0.6) is 0 Å². The Morgan fingerprint density at radius 3 is 2.88 bits per heavy atom. The van der Waals surface area contributed by atoms with E-state index in [0.29, 0.717) is 11.6 Å². The standard InChI is InChI=1S/C20H23ClN2O/c1-15-6-5-7-17(12-15)18-8-3-2-4-11-23(18)20(24)13-16-9-10-19(21)22-14-16/h5-7,9-10,12,14,18H,2-4,8,11,13H2,1H3. The highest BCUT2D eigenvalue weighted by atomic mass is 35.5. The Kier molecular flexibility index (Phi) is 5.52. The Morgan fingerprint density at radius 2 is 2.12 bits per heavy atom. The first kappa shape index (κ1) is 17.0. The van der Waals surface area contributed by atoms with Crippen LogP contribution in [-0.4, -0.2) is 22.3 Å². The number of hydrogen-bond donors (Lipinski definition) is 0. The number of aryl methyl sites for hydroxylation is 1. The normalized spacial score (nSPS) is 18.2. The first-order valence-corrected chi connectivity index (χ1v) is 8.98. The van der Waals surface area contributed by atoms with E-state index in [9.17, 15) is 4.79 Å². The minimum atomic E-state index is 0.174. The third kappa shape index (κ3) is 4.15. The topological polar surface area (TPSA) is 33.2 Å². The van der Waals surface area contributed by atoms with E-state index in [4.69, 9.17) is 11.6 Å². The molecule has 1 saturated heterocycles. The van der Waals surface area contributed by atoms with Crippen molar-refractivity contribution in [3.8, 4) is 0 Å². The smallest absolute Gasteiger partial charge is 0.227 e. The minimum Gasteiger partial charge on any atom is -0.335 e. The second kappa shape index (κ2) is 7.80. The SMILES string of the molecule is Cc1cccc(C2CCCCCN2C(=O)Cc2ccc(Cl)nc2)c1. The molecule has 0 radical (unpaired) electrons. The summed E-state index contributed by atoms with van der Waals surface area (Å²) < 4.78 is 0. The van der Waals surface area contributed by atoms with Gasteiger partial charge in [-0.25, -0.2) is 4.98 Å². The fourth-order valence-electron chi connectivity index (χ4n) is 3.42. The van der Waals surface area contributed by atoms with Gasteiger partial charge in [-0.3, -0.25) is 4.79 Å². The van der Waals surface area contributed by atoms with Crippen LogP contribution in [0.1, 0.15) is 48.4 Å². The lowest BCUT2D eigenvalue weighted by Gasteiger charge is -2.31. The fraction of sp³-hybridized carbons (Fsp3) is 0.400. The number of amides is 1. The Labute approximate surface area is 148 Å². The number of halogens is 1. The van der Waals surface area contributed by atoms with Crippen molar-refractivity contribution in [1.29, 1.82) is 0 Å². The molecule has 0 saturated carbocycles. The van der Waals surface area contributed by atoms with Gasteiger partial charge in [-0.2, -0.15) is 0 Å². The van der Waals surface area contributed by atoms with Crippen molar-refractivity contribution in [2.75, 3.05) is 6.54 Å². The number of nitrogens with zero attached hydrogens (tertiary/aromatic N) is 2.